The van der Waals surface area contributed by atoms with Crippen molar-refractivity contribution in [2.45, 2.75) is 45.1 Å². The molecule has 1 amide bonds. The largest absolute Gasteiger partial charge is 0.484 e. The van der Waals surface area contributed by atoms with Crippen molar-refractivity contribution in [1.82, 2.24) is 10.2 Å². The SMILES string of the molecule is CC(C)c1ccc(OCC(=O)NC[C@@H](c2ccc(Cl)cc2)N2CCCCC2)cc1. The summed E-state index contributed by atoms with van der Waals surface area (Å²) >= 11 is 6.06. The van der Waals surface area contributed by atoms with Crippen LogP contribution in [0.25, 0.3) is 0 Å². The topological polar surface area (TPSA) is 41.6 Å². The van der Waals surface area contributed by atoms with Crippen LogP contribution in [0.2, 0.25) is 5.02 Å². The lowest BCUT2D eigenvalue weighted by Gasteiger charge is -2.35. The zero-order valence-corrected chi connectivity index (χ0v) is 18.1. The minimum absolute atomic E-state index is 0.0222. The molecule has 1 fully saturated rings. The Balaban J connectivity index is 1.55. The molecule has 1 atom stereocenters. The molecule has 2 aromatic carbocycles. The molecule has 1 saturated heterocycles. The van der Waals surface area contributed by atoms with E-state index in [4.69, 9.17) is 16.3 Å². The summed E-state index contributed by atoms with van der Waals surface area (Å²) in [6, 6.07) is 16.0. The normalized spacial score (nSPS) is 15.9. The van der Waals surface area contributed by atoms with Crippen LogP contribution in [0.15, 0.2) is 48.5 Å². The summed E-state index contributed by atoms with van der Waals surface area (Å²) in [7, 11) is 0. The second kappa shape index (κ2) is 10.7. The van der Waals surface area contributed by atoms with Gasteiger partial charge in [-0.2, -0.15) is 0 Å². The van der Waals surface area contributed by atoms with Gasteiger partial charge in [-0.1, -0.05) is 56.1 Å². The highest BCUT2D eigenvalue weighted by molar-refractivity contribution is 6.30. The Bertz CT molecular complexity index is 768. The zero-order chi connectivity index (χ0) is 20.6. The summed E-state index contributed by atoms with van der Waals surface area (Å²) in [6.07, 6.45) is 3.68. The number of benzene rings is 2. The lowest BCUT2D eigenvalue weighted by molar-refractivity contribution is -0.123. The van der Waals surface area contributed by atoms with E-state index in [2.05, 4.69) is 36.2 Å². The van der Waals surface area contributed by atoms with E-state index >= 15 is 0 Å². The van der Waals surface area contributed by atoms with Crippen LogP contribution in [0.5, 0.6) is 5.75 Å². The average Bonchev–Trinajstić information content (AvgIpc) is 2.74. The molecular weight excluding hydrogens is 384 g/mol. The van der Waals surface area contributed by atoms with Crippen molar-refractivity contribution in [1.29, 1.82) is 0 Å². The number of nitrogens with one attached hydrogen (secondary N) is 1. The van der Waals surface area contributed by atoms with Gasteiger partial charge in [0.25, 0.3) is 5.91 Å². The summed E-state index contributed by atoms with van der Waals surface area (Å²) in [5.74, 6) is 1.09. The van der Waals surface area contributed by atoms with E-state index in [0.717, 1.165) is 23.9 Å². The number of carbonyl (C=O) groups excluding carboxylic acids is 1. The van der Waals surface area contributed by atoms with Gasteiger partial charge < -0.3 is 10.1 Å². The Morgan fingerprint density at radius 1 is 1.00 bits per heavy atom. The highest BCUT2D eigenvalue weighted by Crippen LogP contribution is 2.25. The van der Waals surface area contributed by atoms with Gasteiger partial charge in [0.05, 0.1) is 6.04 Å². The molecule has 1 heterocycles. The summed E-state index contributed by atoms with van der Waals surface area (Å²) in [4.78, 5) is 14.8. The maximum absolute atomic E-state index is 12.4. The lowest BCUT2D eigenvalue weighted by atomic mass is 10.0. The molecule has 0 saturated carbocycles. The van der Waals surface area contributed by atoms with Crippen LogP contribution < -0.4 is 10.1 Å². The van der Waals surface area contributed by atoms with Crippen LogP contribution in [0.4, 0.5) is 0 Å². The van der Waals surface area contributed by atoms with Gasteiger partial charge in [0, 0.05) is 11.6 Å². The zero-order valence-electron chi connectivity index (χ0n) is 17.4. The van der Waals surface area contributed by atoms with Gasteiger partial charge in [0.2, 0.25) is 0 Å². The van der Waals surface area contributed by atoms with Crippen molar-refractivity contribution < 1.29 is 9.53 Å². The molecule has 0 aliphatic carbocycles. The fourth-order valence-electron chi connectivity index (χ4n) is 3.73. The van der Waals surface area contributed by atoms with Crippen molar-refractivity contribution in [3.63, 3.8) is 0 Å². The number of piperidine rings is 1. The molecular formula is C24H31ClN2O2. The lowest BCUT2D eigenvalue weighted by Crippen LogP contribution is -2.41. The molecule has 0 aromatic heterocycles. The number of nitrogens with zero attached hydrogens (tertiary/aromatic N) is 1. The van der Waals surface area contributed by atoms with Gasteiger partial charge in [-0.3, -0.25) is 9.69 Å². The molecule has 0 bridgehead atoms. The molecule has 1 aliphatic rings. The van der Waals surface area contributed by atoms with Crippen molar-refractivity contribution in [2.75, 3.05) is 26.2 Å². The third-order valence-electron chi connectivity index (χ3n) is 5.50. The fraction of sp³-hybridized carbons (Fsp3) is 0.458. The quantitative estimate of drug-likeness (QED) is 0.646. The molecule has 156 valence electrons. The van der Waals surface area contributed by atoms with Crippen molar-refractivity contribution >= 4 is 17.5 Å². The summed E-state index contributed by atoms with van der Waals surface area (Å²) in [5.41, 5.74) is 2.44. The van der Waals surface area contributed by atoms with Crippen LogP contribution in [0, 0.1) is 0 Å². The molecule has 0 radical (unpaired) electrons. The Morgan fingerprint density at radius 2 is 1.62 bits per heavy atom. The first-order chi connectivity index (χ1) is 14.0. The molecule has 1 N–H and O–H groups in total. The van der Waals surface area contributed by atoms with Crippen LogP contribution >= 0.6 is 11.6 Å². The van der Waals surface area contributed by atoms with Crippen molar-refractivity contribution in [3.05, 3.63) is 64.7 Å². The third-order valence-corrected chi connectivity index (χ3v) is 5.75. The first-order valence-corrected chi connectivity index (χ1v) is 10.9. The highest BCUT2D eigenvalue weighted by Gasteiger charge is 2.23. The number of amides is 1. The number of hydrogen-bond acceptors (Lipinski definition) is 3. The Labute approximate surface area is 179 Å². The van der Waals surface area contributed by atoms with Gasteiger partial charge in [-0.15, -0.1) is 0 Å². The van der Waals surface area contributed by atoms with E-state index in [0.29, 0.717) is 12.5 Å². The van der Waals surface area contributed by atoms with Crippen LogP contribution in [0.1, 0.15) is 56.2 Å². The minimum Gasteiger partial charge on any atom is -0.484 e. The Morgan fingerprint density at radius 3 is 2.24 bits per heavy atom. The number of ether oxygens (including phenoxy) is 1. The molecule has 29 heavy (non-hydrogen) atoms. The third kappa shape index (κ3) is 6.48. The summed E-state index contributed by atoms with van der Waals surface area (Å²) < 4.78 is 5.66. The van der Waals surface area contributed by atoms with Gasteiger partial charge in [-0.05, 0) is 67.2 Å². The van der Waals surface area contributed by atoms with Gasteiger partial charge >= 0.3 is 0 Å². The smallest absolute Gasteiger partial charge is 0.258 e. The number of likely N-dealkylation sites (tertiary alicyclic amines) is 1. The molecule has 0 unspecified atom stereocenters. The number of rotatable bonds is 8. The second-order valence-electron chi connectivity index (χ2n) is 7.98. The maximum Gasteiger partial charge on any atom is 0.258 e. The van der Waals surface area contributed by atoms with Gasteiger partial charge in [-0.25, -0.2) is 0 Å². The van der Waals surface area contributed by atoms with E-state index in [9.17, 15) is 4.79 Å². The van der Waals surface area contributed by atoms with E-state index in [1.54, 1.807) is 0 Å². The van der Waals surface area contributed by atoms with E-state index in [1.165, 1.54) is 30.4 Å². The molecule has 0 spiro atoms. The van der Waals surface area contributed by atoms with E-state index in [1.807, 2.05) is 36.4 Å². The molecule has 3 rings (SSSR count). The summed E-state index contributed by atoms with van der Waals surface area (Å²) in [5, 5.41) is 3.78. The van der Waals surface area contributed by atoms with Gasteiger partial charge in [0.1, 0.15) is 5.75 Å². The fourth-order valence-corrected chi connectivity index (χ4v) is 3.86. The van der Waals surface area contributed by atoms with Gasteiger partial charge in [0.15, 0.2) is 6.61 Å². The van der Waals surface area contributed by atoms with Crippen molar-refractivity contribution in [3.8, 4) is 5.75 Å². The first-order valence-electron chi connectivity index (χ1n) is 10.5. The second-order valence-corrected chi connectivity index (χ2v) is 8.42. The number of carbonyl (C=O) groups is 1. The predicted molar refractivity (Wildman–Crippen MR) is 119 cm³/mol. The monoisotopic (exact) mass is 414 g/mol. The van der Waals surface area contributed by atoms with Crippen molar-refractivity contribution in [2.24, 2.45) is 0 Å². The van der Waals surface area contributed by atoms with E-state index in [-0.39, 0.29) is 18.6 Å². The molecule has 4 nitrogen and oxygen atoms in total. The maximum atomic E-state index is 12.4. The minimum atomic E-state index is -0.103. The first kappa shape index (κ1) is 21.7. The molecule has 1 aliphatic heterocycles. The standard InChI is InChI=1S/C24H31ClN2O2/c1-18(2)19-8-12-22(13-9-19)29-17-24(28)26-16-23(27-14-4-3-5-15-27)20-6-10-21(25)11-7-20/h6-13,18,23H,3-5,14-17H2,1-2H3,(H,26,28)/t23-/m0/s1. The molecule has 2 aromatic rings. The van der Waals surface area contributed by atoms with Crippen LogP contribution in [-0.4, -0.2) is 37.0 Å². The molecule has 5 heteroatoms. The average molecular weight is 415 g/mol. The highest BCUT2D eigenvalue weighted by atomic mass is 35.5. The van der Waals surface area contributed by atoms with Crippen LogP contribution in [-0.2, 0) is 4.79 Å². The Kier molecular flexibility index (Phi) is 7.96. The summed E-state index contributed by atoms with van der Waals surface area (Å²) in [6.45, 7) is 7.01. The number of halogens is 1. The van der Waals surface area contributed by atoms with E-state index < -0.39 is 0 Å². The van der Waals surface area contributed by atoms with Crippen LogP contribution in [0.3, 0.4) is 0 Å². The number of hydrogen-bond donors (Lipinski definition) is 1. The predicted octanol–water partition coefficient (Wildman–Crippen LogP) is 5.19. The Hall–Kier alpha value is -2.04.